The van der Waals surface area contributed by atoms with Crippen molar-refractivity contribution in [3.63, 3.8) is 0 Å². The summed E-state index contributed by atoms with van der Waals surface area (Å²) >= 11 is 5.97. The third kappa shape index (κ3) is 5.26. The van der Waals surface area contributed by atoms with E-state index in [2.05, 4.69) is 9.80 Å². The minimum Gasteiger partial charge on any atom is -0.368 e. The molecule has 2 aliphatic heterocycles. The highest BCUT2D eigenvalue weighted by molar-refractivity contribution is 7.89. The predicted molar refractivity (Wildman–Crippen MR) is 127 cm³/mol. The molecule has 7 nitrogen and oxygen atoms in total. The summed E-state index contributed by atoms with van der Waals surface area (Å²) in [4.78, 5) is 19.3. The van der Waals surface area contributed by atoms with Gasteiger partial charge in [-0.05, 0) is 43.3 Å². The number of carbonyl (C=O) groups is 1. The van der Waals surface area contributed by atoms with Gasteiger partial charge >= 0.3 is 0 Å². The largest absolute Gasteiger partial charge is 0.368 e. The highest BCUT2D eigenvalue weighted by Gasteiger charge is 2.30. The van der Waals surface area contributed by atoms with Crippen molar-refractivity contribution in [1.82, 2.24) is 14.1 Å². The molecule has 1 amide bonds. The summed E-state index contributed by atoms with van der Waals surface area (Å²) in [6.45, 7) is 7.12. The Kier molecular flexibility index (Phi) is 7.05. The molecule has 0 bridgehead atoms. The number of anilines is 1. The van der Waals surface area contributed by atoms with Gasteiger partial charge in [-0.15, -0.1) is 0 Å². The van der Waals surface area contributed by atoms with Gasteiger partial charge in [0.25, 0.3) is 0 Å². The summed E-state index contributed by atoms with van der Waals surface area (Å²) in [6.07, 6.45) is 0. The highest BCUT2D eigenvalue weighted by atomic mass is 35.5. The minimum absolute atomic E-state index is 0.107. The number of carbonyl (C=O) groups excluding carboxylic acids is 1. The number of amides is 1. The Balaban J connectivity index is 1.25. The lowest BCUT2D eigenvalue weighted by Gasteiger charge is -2.38. The second-order valence-electron chi connectivity index (χ2n) is 8.34. The van der Waals surface area contributed by atoms with Crippen LogP contribution < -0.4 is 4.90 Å². The molecule has 2 aromatic carbocycles. The van der Waals surface area contributed by atoms with Crippen molar-refractivity contribution in [1.29, 1.82) is 0 Å². The van der Waals surface area contributed by atoms with Gasteiger partial charge in [0, 0.05) is 63.1 Å². The molecule has 0 saturated carbocycles. The zero-order valence-electron chi connectivity index (χ0n) is 18.3. The van der Waals surface area contributed by atoms with Crippen molar-refractivity contribution in [3.05, 3.63) is 59.1 Å². The fourth-order valence-corrected chi connectivity index (χ4v) is 5.69. The molecule has 2 aromatic rings. The number of hydrogen-bond donors (Lipinski definition) is 0. The first-order valence-electron chi connectivity index (χ1n) is 10.9. The van der Waals surface area contributed by atoms with E-state index in [1.54, 1.807) is 12.1 Å². The Hall–Kier alpha value is -2.13. The second-order valence-corrected chi connectivity index (χ2v) is 10.7. The third-order valence-electron chi connectivity index (χ3n) is 6.17. The van der Waals surface area contributed by atoms with E-state index in [0.29, 0.717) is 55.7 Å². The van der Waals surface area contributed by atoms with Gasteiger partial charge < -0.3 is 9.80 Å². The molecule has 2 fully saturated rings. The summed E-state index contributed by atoms with van der Waals surface area (Å²) in [7, 11) is -3.49. The number of aryl methyl sites for hydroxylation is 1. The van der Waals surface area contributed by atoms with Gasteiger partial charge in [0.05, 0.1) is 11.4 Å². The maximum Gasteiger partial charge on any atom is 0.243 e. The maximum absolute atomic E-state index is 12.9. The third-order valence-corrected chi connectivity index (χ3v) is 8.34. The van der Waals surface area contributed by atoms with Crippen LogP contribution in [0.5, 0.6) is 0 Å². The van der Waals surface area contributed by atoms with Gasteiger partial charge in [-0.2, -0.15) is 4.31 Å². The predicted octanol–water partition coefficient (Wildman–Crippen LogP) is 2.30. The van der Waals surface area contributed by atoms with E-state index in [9.17, 15) is 13.2 Å². The number of hydrogen-bond acceptors (Lipinski definition) is 5. The Morgan fingerprint density at radius 1 is 0.844 bits per heavy atom. The molecular weight excluding hydrogens is 448 g/mol. The van der Waals surface area contributed by atoms with Crippen molar-refractivity contribution < 1.29 is 13.2 Å². The van der Waals surface area contributed by atoms with Gasteiger partial charge in [0.1, 0.15) is 0 Å². The van der Waals surface area contributed by atoms with Crippen LogP contribution in [0.3, 0.4) is 0 Å². The number of sulfonamides is 1. The number of halogens is 1. The molecular formula is C23H29ClN4O3S. The number of nitrogens with zero attached hydrogens (tertiary/aromatic N) is 4. The molecule has 2 aliphatic rings. The molecule has 0 radical (unpaired) electrons. The van der Waals surface area contributed by atoms with E-state index in [1.165, 1.54) is 4.31 Å². The molecule has 172 valence electrons. The number of piperazine rings is 2. The topological polar surface area (TPSA) is 64.2 Å². The zero-order valence-corrected chi connectivity index (χ0v) is 19.9. The van der Waals surface area contributed by atoms with Crippen LogP contribution in [0.15, 0.2) is 53.4 Å². The van der Waals surface area contributed by atoms with E-state index in [-0.39, 0.29) is 5.91 Å². The van der Waals surface area contributed by atoms with Crippen molar-refractivity contribution in [2.75, 3.05) is 63.8 Å². The monoisotopic (exact) mass is 476 g/mol. The molecule has 2 saturated heterocycles. The van der Waals surface area contributed by atoms with Gasteiger partial charge in [-0.25, -0.2) is 8.42 Å². The smallest absolute Gasteiger partial charge is 0.243 e. The Morgan fingerprint density at radius 3 is 2.03 bits per heavy atom. The Labute approximate surface area is 195 Å². The first kappa shape index (κ1) is 23.0. The van der Waals surface area contributed by atoms with Crippen molar-refractivity contribution in [3.8, 4) is 0 Å². The molecule has 2 heterocycles. The Morgan fingerprint density at radius 2 is 1.44 bits per heavy atom. The summed E-state index contributed by atoms with van der Waals surface area (Å²) in [5.74, 6) is 0.107. The summed E-state index contributed by atoms with van der Waals surface area (Å²) in [5, 5.41) is 0.717. The summed E-state index contributed by atoms with van der Waals surface area (Å²) in [6, 6.07) is 14.7. The fourth-order valence-electron chi connectivity index (χ4n) is 4.14. The van der Waals surface area contributed by atoms with Gasteiger partial charge in [0.15, 0.2) is 0 Å². The van der Waals surface area contributed by atoms with Gasteiger partial charge in [-0.3, -0.25) is 9.69 Å². The van der Waals surface area contributed by atoms with Crippen LogP contribution in [0.2, 0.25) is 5.02 Å². The average Bonchev–Trinajstić information content (AvgIpc) is 2.80. The van der Waals surface area contributed by atoms with E-state index >= 15 is 0 Å². The first-order valence-corrected chi connectivity index (χ1v) is 12.7. The van der Waals surface area contributed by atoms with Crippen LogP contribution in [-0.4, -0.2) is 87.3 Å². The zero-order chi connectivity index (χ0) is 22.7. The van der Waals surface area contributed by atoms with Crippen LogP contribution in [-0.2, 0) is 14.8 Å². The molecule has 4 rings (SSSR count). The molecule has 0 unspecified atom stereocenters. The lowest BCUT2D eigenvalue weighted by Crippen LogP contribution is -2.54. The van der Waals surface area contributed by atoms with E-state index in [1.807, 2.05) is 48.2 Å². The van der Waals surface area contributed by atoms with Crippen molar-refractivity contribution >= 4 is 33.2 Å². The summed E-state index contributed by atoms with van der Waals surface area (Å²) < 4.78 is 27.2. The van der Waals surface area contributed by atoms with E-state index in [4.69, 9.17) is 11.6 Å². The quantitative estimate of drug-likeness (QED) is 0.662. The van der Waals surface area contributed by atoms with Crippen molar-refractivity contribution in [2.45, 2.75) is 11.8 Å². The Bertz CT molecular complexity index is 1030. The number of benzene rings is 2. The lowest BCUT2D eigenvalue weighted by molar-refractivity contribution is -0.133. The molecule has 32 heavy (non-hydrogen) atoms. The molecule has 0 aromatic heterocycles. The molecule has 0 N–H and O–H groups in total. The molecule has 0 aliphatic carbocycles. The van der Waals surface area contributed by atoms with Crippen LogP contribution >= 0.6 is 11.6 Å². The maximum atomic E-state index is 12.9. The average molecular weight is 477 g/mol. The standard InChI is InChI=1S/C23H29ClN4O3S/c1-19-2-8-22(9-3-19)32(30,31)28-16-10-25(11-17-28)18-23(29)27-14-12-26(13-15-27)21-6-4-20(24)5-7-21/h2-9H,10-18H2,1H3. The fraction of sp³-hybridized carbons (Fsp3) is 0.435. The SMILES string of the molecule is Cc1ccc(S(=O)(=O)N2CCN(CC(=O)N3CCN(c4ccc(Cl)cc4)CC3)CC2)cc1. The normalized spacial score (nSPS) is 18.7. The number of rotatable bonds is 5. The first-order chi connectivity index (χ1) is 15.3. The van der Waals surface area contributed by atoms with Gasteiger partial charge in [-0.1, -0.05) is 29.3 Å². The molecule has 0 atom stereocenters. The second kappa shape index (κ2) is 9.79. The molecule has 9 heteroatoms. The minimum atomic E-state index is -3.49. The van der Waals surface area contributed by atoms with Crippen LogP contribution in [0, 0.1) is 6.92 Å². The van der Waals surface area contributed by atoms with Crippen LogP contribution in [0.1, 0.15) is 5.56 Å². The van der Waals surface area contributed by atoms with Crippen LogP contribution in [0.25, 0.3) is 0 Å². The van der Waals surface area contributed by atoms with E-state index in [0.717, 1.165) is 24.3 Å². The summed E-state index contributed by atoms with van der Waals surface area (Å²) in [5.41, 5.74) is 2.15. The van der Waals surface area contributed by atoms with Gasteiger partial charge in [0.2, 0.25) is 15.9 Å². The van der Waals surface area contributed by atoms with Crippen LogP contribution in [0.4, 0.5) is 5.69 Å². The van der Waals surface area contributed by atoms with Crippen molar-refractivity contribution in [2.24, 2.45) is 0 Å². The lowest BCUT2D eigenvalue weighted by atomic mass is 10.2. The van der Waals surface area contributed by atoms with E-state index < -0.39 is 10.0 Å². The molecule has 0 spiro atoms. The highest BCUT2D eigenvalue weighted by Crippen LogP contribution is 2.20.